The van der Waals surface area contributed by atoms with Crippen molar-refractivity contribution < 1.29 is 19.0 Å². The van der Waals surface area contributed by atoms with Gasteiger partial charge >= 0.3 is 5.97 Å². The molecular formula is C36H38O4. The zero-order valence-electron chi connectivity index (χ0n) is 23.3. The Bertz CT molecular complexity index is 1370. The lowest BCUT2D eigenvalue weighted by molar-refractivity contribution is -0.254. The van der Waals surface area contributed by atoms with E-state index in [0.717, 1.165) is 46.2 Å². The highest BCUT2D eigenvalue weighted by atomic mass is 16.7. The number of methoxy groups -OCH3 is 1. The average Bonchev–Trinajstić information content (AvgIpc) is 3.02. The van der Waals surface area contributed by atoms with Gasteiger partial charge in [0.25, 0.3) is 0 Å². The van der Waals surface area contributed by atoms with Gasteiger partial charge in [0.2, 0.25) is 0 Å². The first-order chi connectivity index (χ1) is 19.6. The predicted octanol–water partition coefficient (Wildman–Crippen LogP) is 8.63. The summed E-state index contributed by atoms with van der Waals surface area (Å²) in [5.74, 6) is -0.189. The molecule has 0 aromatic heterocycles. The van der Waals surface area contributed by atoms with Crippen LogP contribution in [0.3, 0.4) is 0 Å². The van der Waals surface area contributed by atoms with E-state index < -0.39 is 11.7 Å². The van der Waals surface area contributed by atoms with E-state index in [4.69, 9.17) is 14.2 Å². The van der Waals surface area contributed by atoms with E-state index in [1.165, 1.54) is 7.11 Å². The molecule has 1 aliphatic rings. The molecular weight excluding hydrogens is 496 g/mol. The van der Waals surface area contributed by atoms with Crippen LogP contribution >= 0.6 is 0 Å². The minimum absolute atomic E-state index is 0.189. The Kier molecular flexibility index (Phi) is 10.1. The molecule has 3 aromatic rings. The second kappa shape index (κ2) is 13.9. The molecule has 4 rings (SSSR count). The van der Waals surface area contributed by atoms with E-state index in [0.29, 0.717) is 19.4 Å². The van der Waals surface area contributed by atoms with Gasteiger partial charge in [0, 0.05) is 12.0 Å². The SMILES string of the molecule is C=Cc1ccccc1C1OCC(C/C=C\CCCC(=O)OC)(c2ccccc2C=C)C(c2ccccc2C=C)O1. The number of ether oxygens (including phenoxy) is 3. The van der Waals surface area contributed by atoms with Gasteiger partial charge in [-0.15, -0.1) is 0 Å². The van der Waals surface area contributed by atoms with Crippen LogP contribution in [0.2, 0.25) is 0 Å². The van der Waals surface area contributed by atoms with Gasteiger partial charge in [-0.3, -0.25) is 4.79 Å². The van der Waals surface area contributed by atoms with Gasteiger partial charge in [-0.05, 0) is 47.1 Å². The maximum absolute atomic E-state index is 11.5. The standard InChI is InChI=1S/C36H38O4/c1-5-27-18-11-14-21-30(27)34-36(32-23-16-13-20-29(32)7-3,25-17-9-8-10-24-33(37)38-4)26-39-35(40-34)31-22-15-12-19-28(31)6-2/h5-7,9,11-23,34-35H,1-3,8,10,24-26H2,4H3/b17-9-. The molecule has 0 bridgehead atoms. The number of allylic oxidation sites excluding steroid dienone is 2. The van der Waals surface area contributed by atoms with E-state index in [-0.39, 0.29) is 12.1 Å². The molecule has 1 heterocycles. The van der Waals surface area contributed by atoms with Gasteiger partial charge in [-0.1, -0.05) is 123 Å². The molecule has 0 amide bonds. The smallest absolute Gasteiger partial charge is 0.305 e. The first-order valence-electron chi connectivity index (χ1n) is 13.7. The van der Waals surface area contributed by atoms with E-state index in [2.05, 4.69) is 62.2 Å². The monoisotopic (exact) mass is 534 g/mol. The molecule has 0 saturated carbocycles. The number of carbonyl (C=O) groups excluding carboxylic acids is 1. The van der Waals surface area contributed by atoms with Crippen LogP contribution < -0.4 is 0 Å². The third-order valence-electron chi connectivity index (χ3n) is 7.57. The molecule has 1 fully saturated rings. The van der Waals surface area contributed by atoms with Crippen molar-refractivity contribution in [2.45, 2.75) is 43.5 Å². The molecule has 4 heteroatoms. The summed E-state index contributed by atoms with van der Waals surface area (Å²) in [6.07, 6.45) is 11.6. The number of esters is 1. The van der Waals surface area contributed by atoms with Gasteiger partial charge in [0.05, 0.1) is 25.2 Å². The van der Waals surface area contributed by atoms with E-state index in [1.54, 1.807) is 0 Å². The normalized spacial score (nSPS) is 20.6. The quantitative estimate of drug-likeness (QED) is 0.133. The van der Waals surface area contributed by atoms with Crippen LogP contribution in [0.25, 0.3) is 18.2 Å². The first-order valence-corrected chi connectivity index (χ1v) is 13.7. The lowest BCUT2D eigenvalue weighted by atomic mass is 9.68. The minimum Gasteiger partial charge on any atom is -0.469 e. The van der Waals surface area contributed by atoms with Crippen LogP contribution in [0.1, 0.15) is 71.5 Å². The molecule has 40 heavy (non-hydrogen) atoms. The fourth-order valence-corrected chi connectivity index (χ4v) is 5.48. The van der Waals surface area contributed by atoms with Crippen molar-refractivity contribution in [3.8, 4) is 0 Å². The predicted molar refractivity (Wildman–Crippen MR) is 163 cm³/mol. The van der Waals surface area contributed by atoms with Crippen LogP contribution in [-0.2, 0) is 24.4 Å². The molecule has 3 aromatic carbocycles. The average molecular weight is 535 g/mol. The topological polar surface area (TPSA) is 44.8 Å². The number of carbonyl (C=O) groups is 1. The number of unbranched alkanes of at least 4 members (excludes halogenated alkanes) is 1. The molecule has 3 unspecified atom stereocenters. The molecule has 0 aliphatic carbocycles. The molecule has 206 valence electrons. The summed E-state index contributed by atoms with van der Waals surface area (Å²) >= 11 is 0. The molecule has 3 atom stereocenters. The van der Waals surface area contributed by atoms with Crippen molar-refractivity contribution >= 4 is 24.2 Å². The Morgan fingerprint density at radius 1 is 0.875 bits per heavy atom. The van der Waals surface area contributed by atoms with Gasteiger partial charge in [-0.25, -0.2) is 0 Å². The third-order valence-corrected chi connectivity index (χ3v) is 7.57. The number of rotatable bonds is 12. The lowest BCUT2D eigenvalue weighted by Crippen LogP contribution is -2.45. The van der Waals surface area contributed by atoms with E-state index in [1.807, 2.05) is 60.7 Å². The molecule has 1 aliphatic heterocycles. The van der Waals surface area contributed by atoms with E-state index >= 15 is 0 Å². The molecule has 0 spiro atoms. The van der Waals surface area contributed by atoms with Crippen molar-refractivity contribution in [3.05, 3.63) is 138 Å². The van der Waals surface area contributed by atoms with Crippen LogP contribution in [-0.4, -0.2) is 19.7 Å². The highest BCUT2D eigenvalue weighted by Crippen LogP contribution is 2.52. The maximum atomic E-state index is 11.5. The minimum atomic E-state index is -0.565. The van der Waals surface area contributed by atoms with Crippen molar-refractivity contribution in [3.63, 3.8) is 0 Å². The second-order valence-corrected chi connectivity index (χ2v) is 9.92. The van der Waals surface area contributed by atoms with Crippen molar-refractivity contribution in [1.29, 1.82) is 0 Å². The van der Waals surface area contributed by atoms with Crippen LogP contribution in [0.5, 0.6) is 0 Å². The Hall–Kier alpha value is -3.99. The van der Waals surface area contributed by atoms with Crippen LogP contribution in [0.4, 0.5) is 0 Å². The molecule has 4 nitrogen and oxygen atoms in total. The molecule has 0 radical (unpaired) electrons. The maximum Gasteiger partial charge on any atom is 0.305 e. The summed E-state index contributed by atoms with van der Waals surface area (Å²) < 4.78 is 18.4. The van der Waals surface area contributed by atoms with Crippen molar-refractivity contribution in [1.82, 2.24) is 0 Å². The number of hydrogen-bond donors (Lipinski definition) is 0. The van der Waals surface area contributed by atoms with Gasteiger partial charge in [-0.2, -0.15) is 0 Å². The van der Waals surface area contributed by atoms with Crippen molar-refractivity contribution in [2.24, 2.45) is 0 Å². The summed E-state index contributed by atoms with van der Waals surface area (Å²) in [5, 5.41) is 0. The number of hydrogen-bond acceptors (Lipinski definition) is 4. The van der Waals surface area contributed by atoms with Gasteiger partial charge in [0.1, 0.15) is 0 Å². The lowest BCUT2D eigenvalue weighted by Gasteiger charge is -2.48. The fraction of sp³-hybridized carbons (Fsp3) is 0.250. The first kappa shape index (κ1) is 29.0. The van der Waals surface area contributed by atoms with Crippen molar-refractivity contribution in [2.75, 3.05) is 13.7 Å². The Morgan fingerprint density at radius 2 is 1.48 bits per heavy atom. The summed E-state index contributed by atoms with van der Waals surface area (Å²) in [4.78, 5) is 11.5. The van der Waals surface area contributed by atoms with E-state index in [9.17, 15) is 4.79 Å². The summed E-state index contributed by atoms with van der Waals surface area (Å²) in [6, 6.07) is 24.6. The Balaban J connectivity index is 1.80. The van der Waals surface area contributed by atoms with Crippen LogP contribution in [0.15, 0.2) is 105 Å². The zero-order chi connectivity index (χ0) is 28.4. The summed E-state index contributed by atoms with van der Waals surface area (Å²) in [7, 11) is 1.42. The fourth-order valence-electron chi connectivity index (χ4n) is 5.48. The molecule has 1 saturated heterocycles. The largest absolute Gasteiger partial charge is 0.469 e. The van der Waals surface area contributed by atoms with Crippen LogP contribution in [0, 0.1) is 0 Å². The van der Waals surface area contributed by atoms with Gasteiger partial charge < -0.3 is 14.2 Å². The highest BCUT2D eigenvalue weighted by Gasteiger charge is 2.48. The number of benzene rings is 3. The Labute approximate surface area is 238 Å². The molecule has 0 N–H and O–H groups in total. The highest BCUT2D eigenvalue weighted by molar-refractivity contribution is 5.69. The second-order valence-electron chi connectivity index (χ2n) is 9.92. The Morgan fingerprint density at radius 3 is 2.15 bits per heavy atom. The summed E-state index contributed by atoms with van der Waals surface area (Å²) in [6.45, 7) is 12.6. The zero-order valence-corrected chi connectivity index (χ0v) is 23.3. The summed E-state index contributed by atoms with van der Waals surface area (Å²) in [5.41, 5.74) is 5.61. The van der Waals surface area contributed by atoms with Gasteiger partial charge in [0.15, 0.2) is 6.29 Å². The third kappa shape index (κ3) is 6.25.